The number of methoxy groups -OCH3 is 1. The van der Waals surface area contributed by atoms with Gasteiger partial charge in [-0.05, 0) is 74.6 Å². The molecule has 0 bridgehead atoms. The maximum atomic E-state index is 13.3. The molecular weight excluding hydrogens is 386 g/mol. The van der Waals surface area contributed by atoms with E-state index >= 15 is 0 Å². The molecule has 1 amide bonds. The van der Waals surface area contributed by atoms with Crippen LogP contribution in [0.15, 0.2) is 48.7 Å². The number of aromatic nitrogens is 2. The summed E-state index contributed by atoms with van der Waals surface area (Å²) in [5, 5.41) is 2.24. The molecule has 0 saturated carbocycles. The molecule has 4 aromatic rings. The predicted octanol–water partition coefficient (Wildman–Crippen LogP) is 5.36. The summed E-state index contributed by atoms with van der Waals surface area (Å²) >= 11 is 0. The number of H-pyrrole nitrogens is 1. The number of likely N-dealkylation sites (tertiary alicyclic amines) is 1. The lowest BCUT2D eigenvalue weighted by atomic mass is 9.89. The number of fused-ring (bicyclic) bond motifs is 2. The number of carbonyl (C=O) groups is 1. The van der Waals surface area contributed by atoms with Crippen molar-refractivity contribution < 1.29 is 9.53 Å². The summed E-state index contributed by atoms with van der Waals surface area (Å²) < 4.78 is 5.41. The minimum absolute atomic E-state index is 0.0902. The standard InChI is InChI=1S/C26H27N3O2/c1-16-4-6-24-19(12-16)13-21(17(2)28-24)26(30)29-10-8-18(9-11-29)23-15-27-25-7-5-20(31-3)14-22(23)25/h4-7,12-15,18,27H,8-11H2,1-3H3. The molecule has 0 atom stereocenters. The maximum Gasteiger partial charge on any atom is 0.255 e. The number of pyridine rings is 1. The van der Waals surface area contributed by atoms with Crippen LogP contribution in [0, 0.1) is 13.8 Å². The fraction of sp³-hybridized carbons (Fsp3) is 0.308. The van der Waals surface area contributed by atoms with Crippen LogP contribution in [0.3, 0.4) is 0 Å². The molecule has 158 valence electrons. The summed E-state index contributed by atoms with van der Waals surface area (Å²) in [5.41, 5.74) is 6.07. The van der Waals surface area contributed by atoms with Crippen molar-refractivity contribution in [2.75, 3.05) is 20.2 Å². The second-order valence-electron chi connectivity index (χ2n) is 8.54. The summed E-state index contributed by atoms with van der Waals surface area (Å²) in [6, 6.07) is 14.3. The first kappa shape index (κ1) is 19.6. The fourth-order valence-electron chi connectivity index (χ4n) is 4.76. The van der Waals surface area contributed by atoms with Crippen molar-refractivity contribution in [3.63, 3.8) is 0 Å². The lowest BCUT2D eigenvalue weighted by molar-refractivity contribution is 0.0712. The number of nitrogens with zero attached hydrogens (tertiary/aromatic N) is 2. The lowest BCUT2D eigenvalue weighted by Crippen LogP contribution is -2.38. The molecule has 1 aliphatic heterocycles. The van der Waals surface area contributed by atoms with Crippen molar-refractivity contribution in [2.45, 2.75) is 32.6 Å². The Morgan fingerprint density at radius 3 is 2.68 bits per heavy atom. The smallest absolute Gasteiger partial charge is 0.255 e. The largest absolute Gasteiger partial charge is 0.497 e. The third-order valence-electron chi connectivity index (χ3n) is 6.53. The molecule has 5 rings (SSSR count). The Bertz CT molecular complexity index is 1280. The van der Waals surface area contributed by atoms with Gasteiger partial charge < -0.3 is 14.6 Å². The van der Waals surface area contributed by atoms with E-state index in [0.717, 1.165) is 53.8 Å². The monoisotopic (exact) mass is 413 g/mol. The Labute approximate surface area is 182 Å². The summed E-state index contributed by atoms with van der Waals surface area (Å²) in [6.45, 7) is 5.50. The molecule has 2 aromatic carbocycles. The minimum Gasteiger partial charge on any atom is -0.497 e. The van der Waals surface area contributed by atoms with Crippen LogP contribution in [-0.4, -0.2) is 41.0 Å². The average Bonchev–Trinajstić information content (AvgIpc) is 3.21. The van der Waals surface area contributed by atoms with Gasteiger partial charge in [0.2, 0.25) is 0 Å². The predicted molar refractivity (Wildman–Crippen MR) is 124 cm³/mol. The van der Waals surface area contributed by atoms with Gasteiger partial charge in [0.1, 0.15) is 5.75 Å². The highest BCUT2D eigenvalue weighted by Gasteiger charge is 2.27. The zero-order valence-corrected chi connectivity index (χ0v) is 18.2. The zero-order valence-electron chi connectivity index (χ0n) is 18.2. The number of piperidine rings is 1. The number of hydrogen-bond acceptors (Lipinski definition) is 3. The number of ether oxygens (including phenoxy) is 1. The highest BCUT2D eigenvalue weighted by Crippen LogP contribution is 2.35. The van der Waals surface area contributed by atoms with E-state index in [-0.39, 0.29) is 5.91 Å². The van der Waals surface area contributed by atoms with Crippen molar-refractivity contribution in [3.05, 3.63) is 71.0 Å². The van der Waals surface area contributed by atoms with Gasteiger partial charge in [0.15, 0.2) is 0 Å². The van der Waals surface area contributed by atoms with Gasteiger partial charge >= 0.3 is 0 Å². The van der Waals surface area contributed by atoms with E-state index in [9.17, 15) is 4.79 Å². The van der Waals surface area contributed by atoms with Gasteiger partial charge in [-0.25, -0.2) is 0 Å². The molecular formula is C26H27N3O2. The van der Waals surface area contributed by atoms with E-state index in [0.29, 0.717) is 11.5 Å². The quantitative estimate of drug-likeness (QED) is 0.492. The van der Waals surface area contributed by atoms with Crippen LogP contribution < -0.4 is 4.74 Å². The zero-order chi connectivity index (χ0) is 21.5. The van der Waals surface area contributed by atoms with Crippen LogP contribution in [-0.2, 0) is 0 Å². The molecule has 1 aliphatic rings. The van der Waals surface area contributed by atoms with Gasteiger partial charge in [-0.2, -0.15) is 0 Å². The Hall–Kier alpha value is -3.34. The average molecular weight is 414 g/mol. The van der Waals surface area contributed by atoms with Gasteiger partial charge in [0.25, 0.3) is 5.91 Å². The van der Waals surface area contributed by atoms with Crippen molar-refractivity contribution >= 4 is 27.7 Å². The lowest BCUT2D eigenvalue weighted by Gasteiger charge is -2.32. The Morgan fingerprint density at radius 1 is 1.10 bits per heavy atom. The number of hydrogen-bond donors (Lipinski definition) is 1. The van der Waals surface area contributed by atoms with Crippen LogP contribution >= 0.6 is 0 Å². The third kappa shape index (κ3) is 3.54. The number of nitrogens with one attached hydrogen (secondary N) is 1. The molecule has 5 heteroatoms. The van der Waals surface area contributed by atoms with Crippen LogP contribution in [0.25, 0.3) is 21.8 Å². The van der Waals surface area contributed by atoms with Crippen LogP contribution in [0.5, 0.6) is 5.75 Å². The van der Waals surface area contributed by atoms with E-state index in [2.05, 4.69) is 47.4 Å². The number of aryl methyl sites for hydroxylation is 2. The van der Waals surface area contributed by atoms with E-state index in [1.807, 2.05) is 30.0 Å². The fourth-order valence-corrected chi connectivity index (χ4v) is 4.76. The molecule has 1 N–H and O–H groups in total. The molecule has 3 heterocycles. The number of amides is 1. The summed E-state index contributed by atoms with van der Waals surface area (Å²) in [6.07, 6.45) is 4.02. The van der Waals surface area contributed by atoms with Crippen molar-refractivity contribution in [2.24, 2.45) is 0 Å². The maximum absolute atomic E-state index is 13.3. The van der Waals surface area contributed by atoms with Crippen molar-refractivity contribution in [3.8, 4) is 5.75 Å². The topological polar surface area (TPSA) is 58.2 Å². The first-order valence-corrected chi connectivity index (χ1v) is 10.9. The van der Waals surface area contributed by atoms with Gasteiger partial charge in [0.05, 0.1) is 23.9 Å². The Kier molecular flexibility index (Phi) is 4.89. The Morgan fingerprint density at radius 2 is 1.90 bits per heavy atom. The summed E-state index contributed by atoms with van der Waals surface area (Å²) in [7, 11) is 1.70. The molecule has 0 spiro atoms. The number of carbonyl (C=O) groups excluding carboxylic acids is 1. The highest BCUT2D eigenvalue weighted by molar-refractivity contribution is 5.98. The van der Waals surface area contributed by atoms with Gasteiger partial charge in [-0.3, -0.25) is 9.78 Å². The van der Waals surface area contributed by atoms with E-state index in [4.69, 9.17) is 4.74 Å². The third-order valence-corrected chi connectivity index (χ3v) is 6.53. The SMILES string of the molecule is COc1ccc2[nH]cc(C3CCN(C(=O)c4cc5cc(C)ccc5nc4C)CC3)c2c1. The second kappa shape index (κ2) is 7.73. The normalized spacial score (nSPS) is 15.0. The van der Waals surface area contributed by atoms with E-state index in [1.54, 1.807) is 7.11 Å². The Balaban J connectivity index is 1.35. The molecule has 0 unspecified atom stereocenters. The molecule has 1 saturated heterocycles. The summed E-state index contributed by atoms with van der Waals surface area (Å²) in [4.78, 5) is 23.3. The number of benzene rings is 2. The molecule has 0 aliphatic carbocycles. The first-order chi connectivity index (χ1) is 15.0. The van der Waals surface area contributed by atoms with E-state index in [1.165, 1.54) is 16.5 Å². The highest BCUT2D eigenvalue weighted by atomic mass is 16.5. The van der Waals surface area contributed by atoms with Crippen molar-refractivity contribution in [1.29, 1.82) is 0 Å². The van der Waals surface area contributed by atoms with Crippen LogP contribution in [0.2, 0.25) is 0 Å². The molecule has 31 heavy (non-hydrogen) atoms. The molecule has 2 aromatic heterocycles. The van der Waals surface area contributed by atoms with E-state index < -0.39 is 0 Å². The molecule has 0 radical (unpaired) electrons. The first-order valence-electron chi connectivity index (χ1n) is 10.9. The van der Waals surface area contributed by atoms with Gasteiger partial charge in [-0.1, -0.05) is 11.6 Å². The number of rotatable bonds is 3. The van der Waals surface area contributed by atoms with Crippen molar-refractivity contribution in [1.82, 2.24) is 14.9 Å². The second-order valence-corrected chi connectivity index (χ2v) is 8.54. The number of aromatic amines is 1. The van der Waals surface area contributed by atoms with Gasteiger partial charge in [-0.15, -0.1) is 0 Å². The summed E-state index contributed by atoms with van der Waals surface area (Å²) in [5.74, 6) is 1.39. The molecule has 5 nitrogen and oxygen atoms in total. The van der Waals surface area contributed by atoms with Crippen LogP contribution in [0.1, 0.15) is 45.9 Å². The minimum atomic E-state index is 0.0902. The molecule has 1 fully saturated rings. The van der Waals surface area contributed by atoms with Gasteiger partial charge in [0, 0.05) is 35.6 Å². The van der Waals surface area contributed by atoms with Crippen LogP contribution in [0.4, 0.5) is 0 Å².